The summed E-state index contributed by atoms with van der Waals surface area (Å²) in [4.78, 5) is 30.2. The molecule has 2 aliphatic rings. The van der Waals surface area contributed by atoms with Gasteiger partial charge in [0.05, 0.1) is 25.9 Å². The van der Waals surface area contributed by atoms with Crippen molar-refractivity contribution >= 4 is 23.2 Å². The summed E-state index contributed by atoms with van der Waals surface area (Å²) < 4.78 is 10.5. The molecule has 2 aliphatic heterocycles. The molecule has 0 saturated carbocycles. The van der Waals surface area contributed by atoms with E-state index < -0.39 is 11.8 Å². The van der Waals surface area contributed by atoms with Crippen LogP contribution in [0.1, 0.15) is 42.9 Å². The molecule has 35 heavy (non-hydrogen) atoms. The molecule has 0 unspecified atom stereocenters. The Morgan fingerprint density at radius 1 is 0.943 bits per heavy atom. The molecule has 2 heterocycles. The van der Waals surface area contributed by atoms with Crippen LogP contribution < -0.4 is 25.0 Å². The number of anilines is 2. The quantitative estimate of drug-likeness (QED) is 0.592. The van der Waals surface area contributed by atoms with Crippen molar-refractivity contribution in [3.8, 4) is 11.5 Å². The van der Waals surface area contributed by atoms with Crippen molar-refractivity contribution in [2.24, 2.45) is 0 Å². The van der Waals surface area contributed by atoms with E-state index in [-0.39, 0.29) is 6.04 Å². The molecule has 4 rings (SSSR count). The van der Waals surface area contributed by atoms with Crippen LogP contribution in [0.4, 0.5) is 11.4 Å². The van der Waals surface area contributed by atoms with Crippen LogP contribution in [0, 0.1) is 0 Å². The summed E-state index contributed by atoms with van der Waals surface area (Å²) in [6, 6.07) is 11.7. The number of aryl methyl sites for hydroxylation is 1. The van der Waals surface area contributed by atoms with E-state index in [2.05, 4.69) is 45.7 Å². The molecule has 0 bridgehead atoms. The normalized spacial score (nSPS) is 16.7. The SMILES string of the molecule is COc1ccc(OC)c(NC(=O)C(=O)NC[C@H](c2ccc3c(c2)CCCN3C)N2CCCCC2)c1. The monoisotopic (exact) mass is 480 g/mol. The van der Waals surface area contributed by atoms with E-state index in [9.17, 15) is 9.59 Å². The maximum absolute atomic E-state index is 12.8. The van der Waals surface area contributed by atoms with Crippen molar-refractivity contribution in [1.82, 2.24) is 10.2 Å². The average Bonchev–Trinajstić information content (AvgIpc) is 2.89. The van der Waals surface area contributed by atoms with Crippen molar-refractivity contribution in [3.63, 3.8) is 0 Å². The standard InChI is InChI=1S/C27H36N4O4/c1-30-13-7-8-19-16-20(9-11-23(19)30)24(31-14-5-4-6-15-31)18-28-26(32)27(33)29-22-17-21(34-2)10-12-25(22)35-3/h9-12,16-17,24H,4-8,13-15,18H2,1-3H3,(H,28,32)(H,29,33)/t24-/m1/s1. The van der Waals surface area contributed by atoms with E-state index in [0.717, 1.165) is 45.3 Å². The number of carbonyl (C=O) groups excluding carboxylic acids is 2. The highest BCUT2D eigenvalue weighted by atomic mass is 16.5. The molecule has 8 nitrogen and oxygen atoms in total. The number of amides is 2. The number of benzene rings is 2. The zero-order chi connectivity index (χ0) is 24.8. The fourth-order valence-corrected chi connectivity index (χ4v) is 5.06. The summed E-state index contributed by atoms with van der Waals surface area (Å²) in [6.45, 7) is 3.43. The lowest BCUT2D eigenvalue weighted by Gasteiger charge is -2.36. The minimum Gasteiger partial charge on any atom is -0.497 e. The lowest BCUT2D eigenvalue weighted by atomic mass is 9.95. The number of methoxy groups -OCH3 is 2. The predicted octanol–water partition coefficient (Wildman–Crippen LogP) is 3.37. The number of piperidine rings is 1. The molecule has 0 aliphatic carbocycles. The minimum absolute atomic E-state index is 0.0240. The Bertz CT molecular complexity index is 1050. The van der Waals surface area contributed by atoms with Gasteiger partial charge in [0.1, 0.15) is 11.5 Å². The highest BCUT2D eigenvalue weighted by Crippen LogP contribution is 2.32. The third-order valence-electron chi connectivity index (χ3n) is 6.99. The molecule has 1 fully saturated rings. The Hall–Kier alpha value is -3.26. The van der Waals surface area contributed by atoms with Crippen LogP contribution in [0.15, 0.2) is 36.4 Å². The molecular formula is C27H36N4O4. The molecule has 0 radical (unpaired) electrons. The first kappa shape index (κ1) is 24.9. The average molecular weight is 481 g/mol. The maximum Gasteiger partial charge on any atom is 0.313 e. The number of fused-ring (bicyclic) bond motifs is 1. The highest BCUT2D eigenvalue weighted by molar-refractivity contribution is 6.39. The molecule has 188 valence electrons. The first-order valence-corrected chi connectivity index (χ1v) is 12.4. The Labute approximate surface area is 207 Å². The van der Waals surface area contributed by atoms with E-state index in [1.165, 1.54) is 30.3 Å². The maximum atomic E-state index is 12.8. The second kappa shape index (κ2) is 11.4. The Morgan fingerprint density at radius 2 is 1.74 bits per heavy atom. The Kier molecular flexibility index (Phi) is 8.13. The Morgan fingerprint density at radius 3 is 2.49 bits per heavy atom. The van der Waals surface area contributed by atoms with E-state index >= 15 is 0 Å². The first-order chi connectivity index (χ1) is 17.0. The summed E-state index contributed by atoms with van der Waals surface area (Å²) >= 11 is 0. The zero-order valence-electron chi connectivity index (χ0n) is 20.9. The van der Waals surface area contributed by atoms with E-state index in [1.54, 1.807) is 25.3 Å². The van der Waals surface area contributed by atoms with Gasteiger partial charge in [0, 0.05) is 31.9 Å². The van der Waals surface area contributed by atoms with Gasteiger partial charge in [-0.1, -0.05) is 18.6 Å². The number of nitrogens with one attached hydrogen (secondary N) is 2. The Balaban J connectivity index is 1.47. The van der Waals surface area contributed by atoms with Crippen LogP contribution in [-0.2, 0) is 16.0 Å². The van der Waals surface area contributed by atoms with Crippen LogP contribution in [0.25, 0.3) is 0 Å². The molecule has 0 aromatic heterocycles. The molecule has 1 atom stereocenters. The van der Waals surface area contributed by atoms with Crippen molar-refractivity contribution in [1.29, 1.82) is 0 Å². The van der Waals surface area contributed by atoms with Crippen LogP contribution in [-0.4, -0.2) is 64.2 Å². The summed E-state index contributed by atoms with van der Waals surface area (Å²) in [5, 5.41) is 5.53. The van der Waals surface area contributed by atoms with Crippen LogP contribution in [0.2, 0.25) is 0 Å². The molecule has 8 heteroatoms. The molecule has 0 spiro atoms. The number of hydrogen-bond donors (Lipinski definition) is 2. The molecule has 2 N–H and O–H groups in total. The van der Waals surface area contributed by atoms with Crippen molar-refractivity contribution < 1.29 is 19.1 Å². The van der Waals surface area contributed by atoms with E-state index in [0.29, 0.717) is 23.7 Å². The van der Waals surface area contributed by atoms with Crippen molar-refractivity contribution in [3.05, 3.63) is 47.5 Å². The third kappa shape index (κ3) is 5.88. The van der Waals surface area contributed by atoms with Crippen LogP contribution in [0.5, 0.6) is 11.5 Å². The fraction of sp³-hybridized carbons (Fsp3) is 0.481. The predicted molar refractivity (Wildman–Crippen MR) is 137 cm³/mol. The third-order valence-corrected chi connectivity index (χ3v) is 6.99. The van der Waals surface area contributed by atoms with Crippen molar-refractivity contribution in [2.75, 3.05) is 57.7 Å². The lowest BCUT2D eigenvalue weighted by Crippen LogP contribution is -2.43. The number of nitrogens with zero attached hydrogens (tertiary/aromatic N) is 2. The molecule has 2 aromatic rings. The molecule has 2 aromatic carbocycles. The van der Waals surface area contributed by atoms with Gasteiger partial charge in [0.25, 0.3) is 0 Å². The molecule has 1 saturated heterocycles. The largest absolute Gasteiger partial charge is 0.497 e. The van der Waals surface area contributed by atoms with Gasteiger partial charge in [0.15, 0.2) is 0 Å². The van der Waals surface area contributed by atoms with Gasteiger partial charge in [-0.25, -0.2) is 0 Å². The van der Waals surface area contributed by atoms with Gasteiger partial charge in [-0.2, -0.15) is 0 Å². The van der Waals surface area contributed by atoms with Gasteiger partial charge in [-0.05, 0) is 68.1 Å². The number of likely N-dealkylation sites (tertiary alicyclic amines) is 1. The number of rotatable bonds is 7. The zero-order valence-corrected chi connectivity index (χ0v) is 20.9. The first-order valence-electron chi connectivity index (χ1n) is 12.4. The van der Waals surface area contributed by atoms with Gasteiger partial charge in [0.2, 0.25) is 0 Å². The van der Waals surface area contributed by atoms with Gasteiger partial charge >= 0.3 is 11.8 Å². The van der Waals surface area contributed by atoms with Crippen molar-refractivity contribution in [2.45, 2.75) is 38.1 Å². The van der Waals surface area contributed by atoms with E-state index in [4.69, 9.17) is 9.47 Å². The van der Waals surface area contributed by atoms with E-state index in [1.807, 2.05) is 0 Å². The van der Waals surface area contributed by atoms with Crippen LogP contribution >= 0.6 is 0 Å². The topological polar surface area (TPSA) is 83.1 Å². The summed E-state index contributed by atoms with van der Waals surface area (Å²) in [5.41, 5.74) is 4.22. The highest BCUT2D eigenvalue weighted by Gasteiger charge is 2.26. The minimum atomic E-state index is -0.735. The smallest absolute Gasteiger partial charge is 0.313 e. The van der Waals surface area contributed by atoms with Crippen LogP contribution in [0.3, 0.4) is 0 Å². The lowest BCUT2D eigenvalue weighted by molar-refractivity contribution is -0.136. The molecule has 2 amide bonds. The number of hydrogen-bond acceptors (Lipinski definition) is 6. The van der Waals surface area contributed by atoms with Gasteiger partial charge in [-0.15, -0.1) is 0 Å². The number of carbonyl (C=O) groups is 2. The summed E-state index contributed by atoms with van der Waals surface area (Å²) in [6.07, 6.45) is 5.74. The van der Waals surface area contributed by atoms with Gasteiger partial charge < -0.3 is 25.0 Å². The summed E-state index contributed by atoms with van der Waals surface area (Å²) in [7, 11) is 5.19. The molecular weight excluding hydrogens is 444 g/mol. The number of ether oxygens (including phenoxy) is 2. The second-order valence-electron chi connectivity index (χ2n) is 9.26. The second-order valence-corrected chi connectivity index (χ2v) is 9.26. The fourth-order valence-electron chi connectivity index (χ4n) is 5.06. The summed E-state index contributed by atoms with van der Waals surface area (Å²) in [5.74, 6) is -0.391. The van der Waals surface area contributed by atoms with Gasteiger partial charge in [-0.3, -0.25) is 14.5 Å².